The topological polar surface area (TPSA) is 78.9 Å². The predicted octanol–water partition coefficient (Wildman–Crippen LogP) is 22.9. The quantitative estimate of drug-likeness (QED) is 0.0261. The van der Waals surface area contributed by atoms with E-state index < -0.39 is 6.10 Å². The molecule has 0 amide bonds. The molecule has 0 rings (SSSR count). The minimum atomic E-state index is -0.798. The molecule has 0 aromatic heterocycles. The molecule has 454 valence electrons. The fourth-order valence-corrected chi connectivity index (χ4v) is 8.89. The maximum Gasteiger partial charge on any atom is 0.306 e. The highest BCUT2D eigenvalue weighted by atomic mass is 16.6. The molecule has 0 fully saturated rings. The molecule has 0 saturated heterocycles. The SMILES string of the molecule is CC/C=C\C/C=C\C/C=C\C/C=C\C/C=C\C/C=C\C/C=C\C/C=C\C/C=C\CCCCCCCC(=O)OCC(COC(=O)CCCCCCC/C=C\CCCCCC)OC(=O)CCCCCCC/C=C\CCCCCCCCC. The number of esters is 3. The van der Waals surface area contributed by atoms with Crippen molar-refractivity contribution < 1.29 is 28.6 Å². The number of hydrogen-bond donors (Lipinski definition) is 0. The summed E-state index contributed by atoms with van der Waals surface area (Å²) < 4.78 is 16.9. The molecule has 0 heterocycles. The van der Waals surface area contributed by atoms with Crippen molar-refractivity contribution in [2.24, 2.45) is 0 Å². The van der Waals surface area contributed by atoms with E-state index in [-0.39, 0.29) is 31.1 Å². The summed E-state index contributed by atoms with van der Waals surface area (Å²) in [6.07, 6.45) is 94.6. The van der Waals surface area contributed by atoms with Crippen molar-refractivity contribution in [3.8, 4) is 0 Å². The summed E-state index contributed by atoms with van der Waals surface area (Å²) in [6, 6.07) is 0. The van der Waals surface area contributed by atoms with Gasteiger partial charge in [0.2, 0.25) is 0 Å². The van der Waals surface area contributed by atoms with Gasteiger partial charge in [-0.25, -0.2) is 0 Å². The first kappa shape index (κ1) is 75.5. The molecule has 0 aliphatic heterocycles. The highest BCUT2D eigenvalue weighted by molar-refractivity contribution is 5.71. The van der Waals surface area contributed by atoms with E-state index in [0.29, 0.717) is 19.3 Å². The Labute approximate surface area is 494 Å². The third-order valence-electron chi connectivity index (χ3n) is 13.9. The average molecular weight is 1110 g/mol. The second-order valence-corrected chi connectivity index (χ2v) is 21.6. The lowest BCUT2D eigenvalue weighted by atomic mass is 10.1. The number of carbonyl (C=O) groups excluding carboxylic acids is 3. The van der Waals surface area contributed by atoms with Gasteiger partial charge in [0.05, 0.1) is 0 Å². The predicted molar refractivity (Wildman–Crippen MR) is 348 cm³/mol. The van der Waals surface area contributed by atoms with Crippen LogP contribution < -0.4 is 0 Å². The van der Waals surface area contributed by atoms with Crippen LogP contribution in [-0.4, -0.2) is 37.2 Å². The second kappa shape index (κ2) is 67.1. The summed E-state index contributed by atoms with van der Waals surface area (Å²) in [7, 11) is 0. The second-order valence-electron chi connectivity index (χ2n) is 21.6. The summed E-state index contributed by atoms with van der Waals surface area (Å²) in [4.78, 5) is 38.3. The molecular weight excluding hydrogens is 985 g/mol. The molecule has 0 bridgehead atoms. The molecule has 1 unspecified atom stereocenters. The lowest BCUT2D eigenvalue weighted by Crippen LogP contribution is -2.30. The first-order valence-electron chi connectivity index (χ1n) is 33.2. The van der Waals surface area contributed by atoms with Gasteiger partial charge in [-0.2, -0.15) is 0 Å². The van der Waals surface area contributed by atoms with Crippen LogP contribution in [0.1, 0.15) is 297 Å². The standard InChI is InChI=1S/C74H122O6/c1-4-7-10-13-16-19-22-25-27-29-30-31-32-33-34-35-36-37-38-39-40-41-42-43-44-45-47-49-52-55-58-61-64-67-73(76)79-70-71(69-78-72(75)66-63-60-57-54-51-48-24-21-18-15-12-9-6-3)80-74(77)68-65-62-59-56-53-50-46-28-26-23-20-17-14-11-8-5-2/h7,10,16,19,21,24-25,27-28,30-31,33-34,36-37,39-40,42-43,45-47,71H,4-6,8-9,11-15,17-18,20,22-23,26,29,32,35,38,41,44,48-70H2,1-3H3/b10-7-,19-16-,24-21-,27-25-,31-30-,34-33-,37-36-,40-39-,43-42-,46-28-,47-45-. The summed E-state index contributed by atoms with van der Waals surface area (Å²) in [5.41, 5.74) is 0. The molecule has 0 aromatic carbocycles. The molecule has 0 aliphatic rings. The van der Waals surface area contributed by atoms with Crippen LogP contribution in [0.4, 0.5) is 0 Å². The first-order chi connectivity index (χ1) is 39.5. The Morgan fingerprint density at radius 3 is 0.787 bits per heavy atom. The molecule has 0 saturated carbocycles. The minimum absolute atomic E-state index is 0.0937. The highest BCUT2D eigenvalue weighted by Crippen LogP contribution is 2.15. The Hall–Kier alpha value is -4.45. The van der Waals surface area contributed by atoms with Gasteiger partial charge in [0.15, 0.2) is 6.10 Å². The van der Waals surface area contributed by atoms with Gasteiger partial charge in [-0.15, -0.1) is 0 Å². The smallest absolute Gasteiger partial charge is 0.306 e. The van der Waals surface area contributed by atoms with Crippen LogP contribution in [-0.2, 0) is 28.6 Å². The molecule has 80 heavy (non-hydrogen) atoms. The Morgan fingerprint density at radius 2 is 0.487 bits per heavy atom. The van der Waals surface area contributed by atoms with Crippen molar-refractivity contribution in [3.05, 3.63) is 134 Å². The Bertz CT molecular complexity index is 1700. The van der Waals surface area contributed by atoms with E-state index in [9.17, 15) is 14.4 Å². The van der Waals surface area contributed by atoms with Crippen LogP contribution in [0.5, 0.6) is 0 Å². The molecule has 6 nitrogen and oxygen atoms in total. The van der Waals surface area contributed by atoms with Crippen molar-refractivity contribution in [1.29, 1.82) is 0 Å². The van der Waals surface area contributed by atoms with E-state index in [0.717, 1.165) is 154 Å². The van der Waals surface area contributed by atoms with E-state index in [1.54, 1.807) is 0 Å². The summed E-state index contributed by atoms with van der Waals surface area (Å²) in [5.74, 6) is -0.927. The zero-order chi connectivity index (χ0) is 57.8. The van der Waals surface area contributed by atoms with Crippen LogP contribution in [0.2, 0.25) is 0 Å². The maximum absolute atomic E-state index is 12.9. The Balaban J connectivity index is 4.34. The van der Waals surface area contributed by atoms with Crippen molar-refractivity contribution in [2.45, 2.75) is 303 Å². The van der Waals surface area contributed by atoms with Gasteiger partial charge in [0, 0.05) is 19.3 Å². The van der Waals surface area contributed by atoms with Crippen LogP contribution in [0.3, 0.4) is 0 Å². The average Bonchev–Trinajstić information content (AvgIpc) is 3.46. The third kappa shape index (κ3) is 64.4. The molecule has 0 spiro atoms. The Kier molecular flexibility index (Phi) is 63.3. The zero-order valence-electron chi connectivity index (χ0n) is 52.0. The van der Waals surface area contributed by atoms with Gasteiger partial charge >= 0.3 is 17.9 Å². The minimum Gasteiger partial charge on any atom is -0.462 e. The normalized spacial score (nSPS) is 13.0. The molecule has 0 radical (unpaired) electrons. The highest BCUT2D eigenvalue weighted by Gasteiger charge is 2.19. The molecule has 1 atom stereocenters. The van der Waals surface area contributed by atoms with E-state index in [4.69, 9.17) is 14.2 Å². The largest absolute Gasteiger partial charge is 0.462 e. The van der Waals surface area contributed by atoms with Gasteiger partial charge in [0.25, 0.3) is 0 Å². The van der Waals surface area contributed by atoms with Gasteiger partial charge in [0.1, 0.15) is 13.2 Å². The summed E-state index contributed by atoms with van der Waals surface area (Å²) in [5, 5.41) is 0. The van der Waals surface area contributed by atoms with Crippen LogP contribution in [0.25, 0.3) is 0 Å². The van der Waals surface area contributed by atoms with E-state index in [1.807, 2.05) is 0 Å². The third-order valence-corrected chi connectivity index (χ3v) is 13.9. The van der Waals surface area contributed by atoms with Crippen LogP contribution >= 0.6 is 0 Å². The molecule has 0 aromatic rings. The van der Waals surface area contributed by atoms with E-state index >= 15 is 0 Å². The van der Waals surface area contributed by atoms with Crippen molar-refractivity contribution in [3.63, 3.8) is 0 Å². The number of unbranched alkanes of at least 4 members (excludes halogenated alkanes) is 26. The number of hydrogen-bond acceptors (Lipinski definition) is 6. The van der Waals surface area contributed by atoms with E-state index in [2.05, 4.69) is 154 Å². The first-order valence-corrected chi connectivity index (χ1v) is 33.2. The van der Waals surface area contributed by atoms with Gasteiger partial charge in [-0.3, -0.25) is 14.4 Å². The van der Waals surface area contributed by atoms with Gasteiger partial charge in [-0.05, 0) is 141 Å². The summed E-state index contributed by atoms with van der Waals surface area (Å²) >= 11 is 0. The van der Waals surface area contributed by atoms with Gasteiger partial charge < -0.3 is 14.2 Å². The van der Waals surface area contributed by atoms with Crippen molar-refractivity contribution >= 4 is 17.9 Å². The van der Waals surface area contributed by atoms with Crippen molar-refractivity contribution in [1.82, 2.24) is 0 Å². The number of carbonyl (C=O) groups is 3. The van der Waals surface area contributed by atoms with Gasteiger partial charge in [-0.1, -0.05) is 270 Å². The lowest BCUT2D eigenvalue weighted by molar-refractivity contribution is -0.167. The number of allylic oxidation sites excluding steroid dienone is 22. The lowest BCUT2D eigenvalue weighted by Gasteiger charge is -2.18. The van der Waals surface area contributed by atoms with E-state index in [1.165, 1.54) is 103 Å². The zero-order valence-corrected chi connectivity index (χ0v) is 52.0. The number of rotatable bonds is 59. The summed E-state index contributed by atoms with van der Waals surface area (Å²) in [6.45, 7) is 6.49. The fourth-order valence-electron chi connectivity index (χ4n) is 8.89. The molecule has 0 aliphatic carbocycles. The fraction of sp³-hybridized carbons (Fsp3) is 0.662. The van der Waals surface area contributed by atoms with Crippen LogP contribution in [0, 0.1) is 0 Å². The monoisotopic (exact) mass is 1110 g/mol. The Morgan fingerprint density at radius 1 is 0.263 bits per heavy atom. The van der Waals surface area contributed by atoms with Crippen molar-refractivity contribution in [2.75, 3.05) is 13.2 Å². The molecule has 6 heteroatoms. The molecular formula is C74H122O6. The maximum atomic E-state index is 12.9. The van der Waals surface area contributed by atoms with Crippen LogP contribution in [0.15, 0.2) is 134 Å². The number of ether oxygens (including phenoxy) is 3. The molecule has 0 N–H and O–H groups in total.